The van der Waals surface area contributed by atoms with Crippen molar-refractivity contribution in [3.63, 3.8) is 0 Å². The van der Waals surface area contributed by atoms with Crippen molar-refractivity contribution < 1.29 is 29.1 Å². The van der Waals surface area contributed by atoms with Crippen LogP contribution in [0, 0.1) is 0 Å². The Morgan fingerprint density at radius 3 is 2.90 bits per heavy atom. The molecule has 7 heteroatoms. The summed E-state index contributed by atoms with van der Waals surface area (Å²) in [6.07, 6.45) is 0.888. The minimum atomic E-state index is -1.18. The van der Waals surface area contributed by atoms with Crippen LogP contribution in [0.3, 0.4) is 0 Å². The molecule has 2 N–H and O–H groups in total. The van der Waals surface area contributed by atoms with Gasteiger partial charge in [0.2, 0.25) is 0 Å². The molecule has 21 heavy (non-hydrogen) atoms. The molecule has 1 aliphatic rings. The fraction of sp³-hybridized carbons (Fsp3) is 0.429. The normalized spacial score (nSPS) is 17.0. The van der Waals surface area contributed by atoms with Crippen molar-refractivity contribution in [2.75, 3.05) is 13.7 Å². The van der Waals surface area contributed by atoms with E-state index in [4.69, 9.17) is 14.5 Å². The molecule has 1 heterocycles. The van der Waals surface area contributed by atoms with Crippen molar-refractivity contribution in [1.82, 2.24) is 0 Å². The lowest BCUT2D eigenvalue weighted by Crippen LogP contribution is -2.35. The van der Waals surface area contributed by atoms with Crippen molar-refractivity contribution in [1.29, 1.82) is 0 Å². The Hall–Kier alpha value is -1.86. The number of ketones is 1. The van der Waals surface area contributed by atoms with Gasteiger partial charge in [0.05, 0.1) is 12.2 Å². The Labute approximate surface area is 122 Å². The third-order valence-electron chi connectivity index (χ3n) is 3.53. The number of fused-ring (bicyclic) bond motifs is 1. The molecule has 1 aromatic rings. The number of carbonyl (C=O) groups is 2. The predicted molar refractivity (Wildman–Crippen MR) is 75.6 cm³/mol. The van der Waals surface area contributed by atoms with Crippen molar-refractivity contribution >= 4 is 18.9 Å². The quantitative estimate of drug-likeness (QED) is 0.764. The molecule has 0 aromatic heterocycles. The second kappa shape index (κ2) is 6.73. The van der Waals surface area contributed by atoms with Crippen molar-refractivity contribution in [3.8, 4) is 5.75 Å². The highest BCUT2D eigenvalue weighted by Gasteiger charge is 2.37. The maximum absolute atomic E-state index is 11.8. The second-order valence-corrected chi connectivity index (χ2v) is 5.06. The molecular formula is C14H17BO6. The molecule has 6 nitrogen and oxygen atoms in total. The van der Waals surface area contributed by atoms with Crippen LogP contribution in [-0.2, 0) is 16.0 Å². The summed E-state index contributed by atoms with van der Waals surface area (Å²) in [6, 6.07) is 4.81. The Bertz CT molecular complexity index is 544. The molecule has 0 fully saturated rings. The summed E-state index contributed by atoms with van der Waals surface area (Å²) in [6.45, 7) is 0.349. The Morgan fingerprint density at radius 1 is 1.48 bits per heavy atom. The summed E-state index contributed by atoms with van der Waals surface area (Å²) in [5.74, 6) is -1.29. The lowest BCUT2D eigenvalue weighted by Gasteiger charge is -2.28. The zero-order valence-corrected chi connectivity index (χ0v) is 11.7. The number of hydrogen-bond donors (Lipinski definition) is 2. The van der Waals surface area contributed by atoms with Gasteiger partial charge in [-0.25, -0.2) is 4.79 Å². The number of carboxylic acids is 1. The van der Waals surface area contributed by atoms with Gasteiger partial charge in [0.15, 0.2) is 0 Å². The molecule has 1 aromatic carbocycles. The number of carbonyl (C=O) groups excluding carboxylic acids is 1. The number of Topliss-reactive ketones (excluding diaryl/α,β-unsaturated/α-hetero) is 1. The molecule has 112 valence electrons. The highest BCUT2D eigenvalue weighted by Crippen LogP contribution is 2.36. The van der Waals surface area contributed by atoms with E-state index in [-0.39, 0.29) is 29.3 Å². The summed E-state index contributed by atoms with van der Waals surface area (Å²) in [5.41, 5.74) is 0.723. The van der Waals surface area contributed by atoms with E-state index < -0.39 is 13.1 Å². The van der Waals surface area contributed by atoms with Gasteiger partial charge in [0.1, 0.15) is 11.5 Å². The number of para-hydroxylation sites is 1. The SMILES string of the molecule is COCCC(=O)C[C@H]1Cc2cccc(C(=O)O)c2OB1O. The molecule has 0 bridgehead atoms. The topological polar surface area (TPSA) is 93.1 Å². The lowest BCUT2D eigenvalue weighted by molar-refractivity contribution is -0.120. The van der Waals surface area contributed by atoms with Crippen LogP contribution in [-0.4, -0.2) is 42.7 Å². The predicted octanol–water partition coefficient (Wildman–Crippen LogP) is 1.17. The summed E-state index contributed by atoms with van der Waals surface area (Å²) < 4.78 is 10.2. The van der Waals surface area contributed by atoms with E-state index in [1.54, 1.807) is 12.1 Å². The van der Waals surface area contributed by atoms with Crippen LogP contribution in [0.2, 0.25) is 5.82 Å². The molecular weight excluding hydrogens is 275 g/mol. The third-order valence-corrected chi connectivity index (χ3v) is 3.53. The molecule has 0 unspecified atom stereocenters. The second-order valence-electron chi connectivity index (χ2n) is 5.06. The average Bonchev–Trinajstić information content (AvgIpc) is 2.45. The van der Waals surface area contributed by atoms with Crippen LogP contribution in [0.25, 0.3) is 0 Å². The average molecular weight is 292 g/mol. The molecule has 0 spiro atoms. The Morgan fingerprint density at radius 2 is 2.24 bits per heavy atom. The van der Waals surface area contributed by atoms with E-state index in [1.165, 1.54) is 13.2 Å². The maximum Gasteiger partial charge on any atom is 0.526 e. The van der Waals surface area contributed by atoms with E-state index in [1.807, 2.05) is 0 Å². The number of carboxylic acid groups (broad SMARTS) is 1. The lowest BCUT2D eigenvalue weighted by atomic mass is 9.64. The van der Waals surface area contributed by atoms with Crippen LogP contribution in [0.1, 0.15) is 28.8 Å². The van der Waals surface area contributed by atoms with Crippen molar-refractivity contribution in [2.24, 2.45) is 0 Å². The maximum atomic E-state index is 11.8. The van der Waals surface area contributed by atoms with Gasteiger partial charge in [-0.15, -0.1) is 0 Å². The summed E-state index contributed by atoms with van der Waals surface area (Å²) >= 11 is 0. The number of methoxy groups -OCH3 is 1. The molecule has 0 saturated carbocycles. The molecule has 2 rings (SSSR count). The zero-order valence-electron chi connectivity index (χ0n) is 11.7. The first kappa shape index (κ1) is 15.5. The number of aromatic carboxylic acids is 1. The van der Waals surface area contributed by atoms with Gasteiger partial charge in [0.25, 0.3) is 0 Å². The molecule has 0 amide bonds. The van der Waals surface area contributed by atoms with Crippen LogP contribution in [0.15, 0.2) is 18.2 Å². The number of hydrogen-bond acceptors (Lipinski definition) is 5. The monoisotopic (exact) mass is 292 g/mol. The van der Waals surface area contributed by atoms with Crippen LogP contribution < -0.4 is 4.65 Å². The first-order valence-electron chi connectivity index (χ1n) is 6.73. The molecule has 1 aliphatic heterocycles. The number of rotatable bonds is 6. The first-order valence-corrected chi connectivity index (χ1v) is 6.73. The van der Waals surface area contributed by atoms with Crippen LogP contribution >= 0.6 is 0 Å². The summed E-state index contributed by atoms with van der Waals surface area (Å²) in [4.78, 5) is 22.9. The van der Waals surface area contributed by atoms with Crippen LogP contribution in [0.4, 0.5) is 0 Å². The smallest absolute Gasteiger partial charge is 0.526 e. The van der Waals surface area contributed by atoms with Gasteiger partial charge in [-0.3, -0.25) is 4.79 Å². The van der Waals surface area contributed by atoms with Gasteiger partial charge in [0, 0.05) is 25.8 Å². The van der Waals surface area contributed by atoms with Gasteiger partial charge in [-0.2, -0.15) is 0 Å². The minimum Gasteiger partial charge on any atom is -0.535 e. The van der Waals surface area contributed by atoms with Gasteiger partial charge in [-0.1, -0.05) is 12.1 Å². The Kier molecular flexibility index (Phi) is 4.98. The highest BCUT2D eigenvalue weighted by molar-refractivity contribution is 6.47. The number of benzene rings is 1. The van der Waals surface area contributed by atoms with Crippen molar-refractivity contribution in [2.45, 2.75) is 25.1 Å². The third kappa shape index (κ3) is 3.62. The molecule has 1 atom stereocenters. The molecule has 0 saturated heterocycles. The zero-order chi connectivity index (χ0) is 15.4. The highest BCUT2D eigenvalue weighted by atomic mass is 16.5. The van der Waals surface area contributed by atoms with Crippen LogP contribution in [0.5, 0.6) is 5.75 Å². The van der Waals surface area contributed by atoms with Gasteiger partial charge >= 0.3 is 13.1 Å². The first-order chi connectivity index (χ1) is 10.0. The largest absolute Gasteiger partial charge is 0.535 e. The summed E-state index contributed by atoms with van der Waals surface area (Å²) in [7, 11) is 0.347. The van der Waals surface area contributed by atoms with Gasteiger partial charge < -0.3 is 19.5 Å². The molecule has 0 aliphatic carbocycles. The standard InChI is InChI=1S/C14H17BO6/c1-20-6-5-11(16)8-10-7-9-3-2-4-12(14(17)18)13(9)21-15(10)19/h2-4,10,19H,5-8H2,1H3,(H,17,18)/t10-/m1/s1. The molecule has 0 radical (unpaired) electrons. The Balaban J connectivity index is 2.12. The fourth-order valence-electron chi connectivity index (χ4n) is 2.44. The van der Waals surface area contributed by atoms with E-state index >= 15 is 0 Å². The van der Waals surface area contributed by atoms with Gasteiger partial charge in [-0.05, 0) is 18.1 Å². The number of ether oxygens (including phenoxy) is 1. The summed E-state index contributed by atoms with van der Waals surface area (Å²) in [5, 5.41) is 19.1. The van der Waals surface area contributed by atoms with Crippen molar-refractivity contribution in [3.05, 3.63) is 29.3 Å². The minimum absolute atomic E-state index is 0.0117. The van der Waals surface area contributed by atoms with E-state index in [0.717, 1.165) is 0 Å². The van der Waals surface area contributed by atoms with E-state index in [0.29, 0.717) is 25.0 Å². The van der Waals surface area contributed by atoms with E-state index in [9.17, 15) is 14.6 Å². The fourth-order valence-corrected chi connectivity index (χ4v) is 2.44. The van der Waals surface area contributed by atoms with E-state index in [2.05, 4.69) is 0 Å².